The molecule has 0 atom stereocenters. The zero-order chi connectivity index (χ0) is 17.9. The van der Waals surface area contributed by atoms with E-state index in [1.165, 1.54) is 12.1 Å². The van der Waals surface area contributed by atoms with Crippen molar-refractivity contribution in [1.82, 2.24) is 9.88 Å². The average molecular weight is 368 g/mol. The van der Waals surface area contributed by atoms with Crippen molar-refractivity contribution < 1.29 is 22.1 Å². The Morgan fingerprint density at radius 3 is 2.72 bits per heavy atom. The fourth-order valence-electron chi connectivity index (χ4n) is 2.86. The maximum atomic E-state index is 14.2. The quantitative estimate of drug-likeness (QED) is 0.813. The van der Waals surface area contributed by atoms with Gasteiger partial charge in [-0.05, 0) is 50.8 Å². The first-order valence-electron chi connectivity index (χ1n) is 8.32. The van der Waals surface area contributed by atoms with Crippen LogP contribution in [0.3, 0.4) is 0 Å². The third-order valence-electron chi connectivity index (χ3n) is 4.16. The molecule has 0 unspecified atom stereocenters. The zero-order valence-electron chi connectivity index (χ0n) is 14.0. The van der Waals surface area contributed by atoms with E-state index in [1.807, 2.05) is 0 Å². The van der Waals surface area contributed by atoms with E-state index in [0.717, 1.165) is 31.7 Å². The van der Waals surface area contributed by atoms with E-state index >= 15 is 0 Å². The van der Waals surface area contributed by atoms with Crippen LogP contribution in [0.5, 0.6) is 5.75 Å². The van der Waals surface area contributed by atoms with Gasteiger partial charge in [0.25, 0.3) is 0 Å². The molecule has 8 heteroatoms. The van der Waals surface area contributed by atoms with Crippen LogP contribution in [-0.4, -0.2) is 26.2 Å². The molecule has 1 heterocycles. The molecular formula is C17H21FN2O4S. The van der Waals surface area contributed by atoms with E-state index < -0.39 is 15.8 Å². The SMILES string of the molecule is Cc1cc(CCNS(=O)(=O)c2ccc(OC3CCCC3)c(F)c2)no1. The van der Waals surface area contributed by atoms with Gasteiger partial charge in [0.1, 0.15) is 5.76 Å². The highest BCUT2D eigenvalue weighted by Crippen LogP contribution is 2.27. The van der Waals surface area contributed by atoms with Crippen molar-refractivity contribution in [3.05, 3.63) is 41.5 Å². The summed E-state index contributed by atoms with van der Waals surface area (Å²) in [6.45, 7) is 1.91. The van der Waals surface area contributed by atoms with Crippen LogP contribution in [0.15, 0.2) is 33.7 Å². The minimum absolute atomic E-state index is 0.0148. The third-order valence-corrected chi connectivity index (χ3v) is 5.62. The highest BCUT2D eigenvalue weighted by atomic mass is 32.2. The lowest BCUT2D eigenvalue weighted by atomic mass is 10.3. The summed E-state index contributed by atoms with van der Waals surface area (Å²) in [5.74, 6) is 0.101. The first-order valence-corrected chi connectivity index (χ1v) is 9.80. The normalized spacial score (nSPS) is 15.6. The molecule has 1 aliphatic carbocycles. The number of benzene rings is 1. The second-order valence-electron chi connectivity index (χ2n) is 6.19. The lowest BCUT2D eigenvalue weighted by Crippen LogP contribution is -2.26. The summed E-state index contributed by atoms with van der Waals surface area (Å²) in [5, 5.41) is 3.80. The van der Waals surface area contributed by atoms with Gasteiger partial charge in [0.15, 0.2) is 11.6 Å². The van der Waals surface area contributed by atoms with E-state index in [-0.39, 0.29) is 23.3 Å². The molecule has 1 fully saturated rings. The van der Waals surface area contributed by atoms with Crippen LogP contribution >= 0.6 is 0 Å². The van der Waals surface area contributed by atoms with Crippen LogP contribution in [0, 0.1) is 12.7 Å². The number of nitrogens with one attached hydrogen (secondary N) is 1. The first-order chi connectivity index (χ1) is 11.9. The average Bonchev–Trinajstić information content (AvgIpc) is 3.21. The third kappa shape index (κ3) is 4.58. The highest BCUT2D eigenvalue weighted by Gasteiger charge is 2.20. The van der Waals surface area contributed by atoms with Crippen LogP contribution in [0.25, 0.3) is 0 Å². The van der Waals surface area contributed by atoms with Crippen LogP contribution in [0.1, 0.15) is 37.1 Å². The lowest BCUT2D eigenvalue weighted by Gasteiger charge is -2.14. The molecule has 1 aromatic heterocycles. The van der Waals surface area contributed by atoms with Crippen LogP contribution in [0.2, 0.25) is 0 Å². The van der Waals surface area contributed by atoms with Gasteiger partial charge in [0.05, 0.1) is 16.7 Å². The minimum Gasteiger partial charge on any atom is -0.487 e. The molecule has 0 bridgehead atoms. The molecule has 0 saturated heterocycles. The molecule has 0 spiro atoms. The second-order valence-corrected chi connectivity index (χ2v) is 7.96. The van der Waals surface area contributed by atoms with Gasteiger partial charge < -0.3 is 9.26 Å². The Bertz CT molecular complexity index is 829. The van der Waals surface area contributed by atoms with Gasteiger partial charge in [-0.25, -0.2) is 17.5 Å². The van der Waals surface area contributed by atoms with Gasteiger partial charge in [-0.1, -0.05) is 5.16 Å². The number of ether oxygens (including phenoxy) is 1. The van der Waals surface area contributed by atoms with Crippen LogP contribution in [0.4, 0.5) is 4.39 Å². The van der Waals surface area contributed by atoms with E-state index in [9.17, 15) is 12.8 Å². The van der Waals surface area contributed by atoms with Gasteiger partial charge >= 0.3 is 0 Å². The summed E-state index contributed by atoms with van der Waals surface area (Å²) in [7, 11) is -3.79. The highest BCUT2D eigenvalue weighted by molar-refractivity contribution is 7.89. The standard InChI is InChI=1S/C17H21FN2O4S/c1-12-10-13(20-24-12)8-9-19-25(21,22)15-6-7-17(16(18)11-15)23-14-4-2-3-5-14/h6-7,10-11,14,19H,2-5,8-9H2,1H3. The fraction of sp³-hybridized carbons (Fsp3) is 0.471. The van der Waals surface area contributed by atoms with Gasteiger partial charge in [-0.3, -0.25) is 0 Å². The summed E-state index contributed by atoms with van der Waals surface area (Å²) in [6, 6.07) is 5.47. The van der Waals surface area contributed by atoms with Gasteiger partial charge in [0, 0.05) is 19.0 Å². The Hall–Kier alpha value is -1.93. The van der Waals surface area contributed by atoms with Gasteiger partial charge in [-0.2, -0.15) is 0 Å². The summed E-state index contributed by atoms with van der Waals surface area (Å²) in [4.78, 5) is -0.125. The second kappa shape index (κ2) is 7.53. The van der Waals surface area contributed by atoms with E-state index in [2.05, 4.69) is 9.88 Å². The Balaban J connectivity index is 1.61. The van der Waals surface area contributed by atoms with Crippen LogP contribution < -0.4 is 9.46 Å². The first kappa shape index (κ1) is 17.9. The Labute approximate surface area is 146 Å². The molecule has 1 saturated carbocycles. The number of rotatable bonds is 7. The fourth-order valence-corrected chi connectivity index (χ4v) is 3.91. The van der Waals surface area contributed by atoms with Crippen molar-refractivity contribution in [2.45, 2.75) is 50.0 Å². The summed E-state index contributed by atoms with van der Waals surface area (Å²) in [5.41, 5.74) is 0.659. The van der Waals surface area contributed by atoms with Crippen molar-refractivity contribution in [3.63, 3.8) is 0 Å². The number of hydrogen-bond acceptors (Lipinski definition) is 5. The molecule has 25 heavy (non-hydrogen) atoms. The van der Waals surface area contributed by atoms with Crippen molar-refractivity contribution in [1.29, 1.82) is 0 Å². The number of halogens is 1. The number of hydrogen-bond donors (Lipinski definition) is 1. The monoisotopic (exact) mass is 368 g/mol. The lowest BCUT2D eigenvalue weighted by molar-refractivity contribution is 0.200. The molecule has 3 rings (SSSR count). The van der Waals surface area contributed by atoms with E-state index in [1.54, 1.807) is 13.0 Å². The maximum Gasteiger partial charge on any atom is 0.240 e. The molecule has 0 radical (unpaired) electrons. The predicted octanol–water partition coefficient (Wildman–Crippen LogP) is 2.96. The van der Waals surface area contributed by atoms with Crippen molar-refractivity contribution in [2.75, 3.05) is 6.54 Å². The molecular weight excluding hydrogens is 347 g/mol. The van der Waals surface area contributed by atoms with Crippen molar-refractivity contribution in [2.24, 2.45) is 0 Å². The molecule has 136 valence electrons. The maximum absolute atomic E-state index is 14.2. The largest absolute Gasteiger partial charge is 0.487 e. The van der Waals surface area contributed by atoms with Crippen molar-refractivity contribution >= 4 is 10.0 Å². The number of sulfonamides is 1. The molecule has 0 aliphatic heterocycles. The minimum atomic E-state index is -3.79. The Morgan fingerprint density at radius 1 is 1.32 bits per heavy atom. The molecule has 0 amide bonds. The number of nitrogens with zero attached hydrogens (tertiary/aromatic N) is 1. The zero-order valence-corrected chi connectivity index (χ0v) is 14.8. The van der Waals surface area contributed by atoms with E-state index in [0.29, 0.717) is 17.9 Å². The van der Waals surface area contributed by atoms with Crippen LogP contribution in [-0.2, 0) is 16.4 Å². The van der Waals surface area contributed by atoms with Gasteiger partial charge in [-0.15, -0.1) is 0 Å². The summed E-state index contributed by atoms with van der Waals surface area (Å²) < 4.78 is 51.7. The molecule has 1 N–H and O–H groups in total. The Morgan fingerprint density at radius 2 is 2.08 bits per heavy atom. The smallest absolute Gasteiger partial charge is 0.240 e. The number of aryl methyl sites for hydroxylation is 1. The molecule has 6 nitrogen and oxygen atoms in total. The molecule has 2 aromatic rings. The van der Waals surface area contributed by atoms with E-state index in [4.69, 9.17) is 9.26 Å². The van der Waals surface area contributed by atoms with Crippen molar-refractivity contribution in [3.8, 4) is 5.75 Å². The van der Waals surface area contributed by atoms with Gasteiger partial charge in [0.2, 0.25) is 10.0 Å². The summed E-state index contributed by atoms with van der Waals surface area (Å²) >= 11 is 0. The number of aromatic nitrogens is 1. The Kier molecular flexibility index (Phi) is 5.39. The summed E-state index contributed by atoms with van der Waals surface area (Å²) in [6.07, 6.45) is 4.37. The predicted molar refractivity (Wildman–Crippen MR) is 89.4 cm³/mol. The molecule has 1 aromatic carbocycles. The molecule has 1 aliphatic rings. The topological polar surface area (TPSA) is 81.4 Å².